The van der Waals surface area contributed by atoms with Crippen LogP contribution in [0.4, 0.5) is 17.1 Å². The van der Waals surface area contributed by atoms with E-state index in [4.69, 9.17) is 0 Å². The van der Waals surface area contributed by atoms with Crippen LogP contribution < -0.4 is 10.6 Å². The number of rotatable bonds is 7. The second-order valence-electron chi connectivity index (χ2n) is 6.51. The number of hydrogen-bond acceptors (Lipinski definition) is 6. The molecule has 0 unspecified atom stereocenters. The number of amides is 1. The standard InChI is InChI=1S/C19H23N5O3/c25-19(21-9-12-23-10-2-1-3-11-23)17-13-16(24(26)27)6-7-18(17)22-15-5-4-8-20-14-15/h4-8,13-14,22H,1-3,9-12H2,(H,21,25). The first-order valence-corrected chi connectivity index (χ1v) is 9.09. The van der Waals surface area contributed by atoms with Crippen LogP contribution in [0.25, 0.3) is 0 Å². The molecule has 1 aromatic heterocycles. The van der Waals surface area contributed by atoms with E-state index in [0.717, 1.165) is 19.6 Å². The molecule has 8 nitrogen and oxygen atoms in total. The molecule has 0 saturated carbocycles. The van der Waals surface area contributed by atoms with Gasteiger partial charge in [0.25, 0.3) is 11.6 Å². The van der Waals surface area contributed by atoms with E-state index in [1.807, 2.05) is 6.07 Å². The summed E-state index contributed by atoms with van der Waals surface area (Å²) in [7, 11) is 0. The number of nitrogens with one attached hydrogen (secondary N) is 2. The maximum atomic E-state index is 12.7. The summed E-state index contributed by atoms with van der Waals surface area (Å²) < 4.78 is 0. The number of carbonyl (C=O) groups excluding carboxylic acids is 1. The van der Waals surface area contributed by atoms with Crippen LogP contribution in [0.1, 0.15) is 29.6 Å². The molecular weight excluding hydrogens is 346 g/mol. The fraction of sp³-hybridized carbons (Fsp3) is 0.368. The predicted octanol–water partition coefficient (Wildman–Crippen LogP) is 2.95. The second-order valence-corrected chi connectivity index (χ2v) is 6.51. The zero-order valence-electron chi connectivity index (χ0n) is 15.1. The van der Waals surface area contributed by atoms with Crippen LogP contribution in [0.2, 0.25) is 0 Å². The van der Waals surface area contributed by atoms with Gasteiger partial charge in [-0.1, -0.05) is 6.42 Å². The third-order valence-corrected chi connectivity index (χ3v) is 4.56. The van der Waals surface area contributed by atoms with E-state index in [9.17, 15) is 14.9 Å². The number of aromatic nitrogens is 1. The maximum absolute atomic E-state index is 12.7. The molecule has 27 heavy (non-hydrogen) atoms. The monoisotopic (exact) mass is 369 g/mol. The minimum atomic E-state index is -0.502. The van der Waals surface area contributed by atoms with E-state index >= 15 is 0 Å². The smallest absolute Gasteiger partial charge is 0.270 e. The number of nitrogens with zero attached hydrogens (tertiary/aromatic N) is 3. The van der Waals surface area contributed by atoms with Gasteiger partial charge in [0.05, 0.1) is 28.1 Å². The fourth-order valence-corrected chi connectivity index (χ4v) is 3.14. The highest BCUT2D eigenvalue weighted by Gasteiger charge is 2.17. The Balaban J connectivity index is 1.71. The van der Waals surface area contributed by atoms with E-state index < -0.39 is 4.92 Å². The van der Waals surface area contributed by atoms with Crippen molar-refractivity contribution in [3.63, 3.8) is 0 Å². The summed E-state index contributed by atoms with van der Waals surface area (Å²) in [6.45, 7) is 3.40. The number of nitro groups is 1. The van der Waals surface area contributed by atoms with Crippen molar-refractivity contribution in [2.24, 2.45) is 0 Å². The Labute approximate surface area is 157 Å². The van der Waals surface area contributed by atoms with E-state index in [2.05, 4.69) is 20.5 Å². The number of pyridine rings is 1. The van der Waals surface area contributed by atoms with Crippen LogP contribution in [0, 0.1) is 10.1 Å². The van der Waals surface area contributed by atoms with Crippen LogP contribution in [0.3, 0.4) is 0 Å². The third-order valence-electron chi connectivity index (χ3n) is 4.56. The molecule has 2 heterocycles. The Morgan fingerprint density at radius 1 is 1.22 bits per heavy atom. The number of carbonyl (C=O) groups is 1. The molecule has 1 saturated heterocycles. The van der Waals surface area contributed by atoms with Gasteiger partial charge < -0.3 is 15.5 Å². The number of likely N-dealkylation sites (tertiary alicyclic amines) is 1. The van der Waals surface area contributed by atoms with Crippen molar-refractivity contribution in [1.82, 2.24) is 15.2 Å². The summed E-state index contributed by atoms with van der Waals surface area (Å²) in [5.41, 5.74) is 1.33. The van der Waals surface area contributed by atoms with Crippen LogP contribution >= 0.6 is 0 Å². The third kappa shape index (κ3) is 5.24. The molecule has 0 spiro atoms. The highest BCUT2D eigenvalue weighted by atomic mass is 16.6. The first-order valence-electron chi connectivity index (χ1n) is 9.09. The van der Waals surface area contributed by atoms with Crippen LogP contribution in [-0.2, 0) is 0 Å². The number of hydrogen-bond donors (Lipinski definition) is 2. The average Bonchev–Trinajstić information content (AvgIpc) is 2.69. The average molecular weight is 369 g/mol. The summed E-state index contributed by atoms with van der Waals surface area (Å²) in [5, 5.41) is 17.1. The SMILES string of the molecule is O=C(NCCN1CCCCC1)c1cc([N+](=O)[O-])ccc1Nc1cccnc1. The van der Waals surface area contributed by atoms with Crippen molar-refractivity contribution in [3.05, 3.63) is 58.4 Å². The molecule has 1 aromatic carbocycles. The van der Waals surface area contributed by atoms with Gasteiger partial charge in [-0.3, -0.25) is 19.9 Å². The number of anilines is 2. The molecule has 2 N–H and O–H groups in total. The largest absolute Gasteiger partial charge is 0.354 e. The fourth-order valence-electron chi connectivity index (χ4n) is 3.14. The van der Waals surface area contributed by atoms with Crippen molar-refractivity contribution in [2.75, 3.05) is 31.5 Å². The van der Waals surface area contributed by atoms with Gasteiger partial charge in [-0.25, -0.2) is 0 Å². The molecule has 0 aliphatic carbocycles. The molecule has 2 aromatic rings. The van der Waals surface area contributed by atoms with Crippen molar-refractivity contribution in [2.45, 2.75) is 19.3 Å². The summed E-state index contributed by atoms with van der Waals surface area (Å²) >= 11 is 0. The second kappa shape index (κ2) is 9.09. The van der Waals surface area contributed by atoms with Crippen LogP contribution in [0.5, 0.6) is 0 Å². The predicted molar refractivity (Wildman–Crippen MR) is 103 cm³/mol. The molecule has 1 fully saturated rings. The van der Waals surface area contributed by atoms with Crippen molar-refractivity contribution < 1.29 is 9.72 Å². The molecule has 142 valence electrons. The topological polar surface area (TPSA) is 100 Å². The van der Waals surface area contributed by atoms with E-state index in [0.29, 0.717) is 17.9 Å². The van der Waals surface area contributed by atoms with Gasteiger partial charge >= 0.3 is 0 Å². The number of nitro benzene ring substituents is 1. The molecule has 0 radical (unpaired) electrons. The lowest BCUT2D eigenvalue weighted by atomic mass is 10.1. The lowest BCUT2D eigenvalue weighted by Crippen LogP contribution is -2.37. The highest BCUT2D eigenvalue weighted by molar-refractivity contribution is 6.01. The molecule has 3 rings (SSSR count). The van der Waals surface area contributed by atoms with Crippen molar-refractivity contribution in [1.29, 1.82) is 0 Å². The van der Waals surface area contributed by atoms with Crippen LogP contribution in [-0.4, -0.2) is 46.9 Å². The highest BCUT2D eigenvalue weighted by Crippen LogP contribution is 2.25. The molecule has 1 amide bonds. The Morgan fingerprint density at radius 3 is 2.74 bits per heavy atom. The molecular formula is C19H23N5O3. The first kappa shape index (κ1) is 18.8. The number of benzene rings is 1. The van der Waals surface area contributed by atoms with Crippen molar-refractivity contribution >= 4 is 23.0 Å². The van der Waals surface area contributed by atoms with Gasteiger partial charge in [-0.2, -0.15) is 0 Å². The lowest BCUT2D eigenvalue weighted by Gasteiger charge is -2.26. The van der Waals surface area contributed by atoms with E-state index in [1.165, 1.54) is 31.4 Å². The van der Waals surface area contributed by atoms with Gasteiger partial charge in [0.15, 0.2) is 0 Å². The van der Waals surface area contributed by atoms with E-state index in [-0.39, 0.29) is 17.2 Å². The summed E-state index contributed by atoms with van der Waals surface area (Å²) in [4.78, 5) is 29.6. The Morgan fingerprint density at radius 2 is 2.04 bits per heavy atom. The normalized spacial score (nSPS) is 14.5. The molecule has 0 atom stereocenters. The molecule has 1 aliphatic heterocycles. The van der Waals surface area contributed by atoms with Gasteiger partial charge in [0, 0.05) is 31.4 Å². The van der Waals surface area contributed by atoms with Gasteiger partial charge in [0.2, 0.25) is 0 Å². The quantitative estimate of drug-likeness (QED) is 0.575. The van der Waals surface area contributed by atoms with Gasteiger partial charge in [-0.15, -0.1) is 0 Å². The lowest BCUT2D eigenvalue weighted by molar-refractivity contribution is -0.384. The van der Waals surface area contributed by atoms with Gasteiger partial charge in [-0.05, 0) is 44.1 Å². The number of piperidine rings is 1. The van der Waals surface area contributed by atoms with E-state index in [1.54, 1.807) is 24.5 Å². The Kier molecular flexibility index (Phi) is 6.32. The van der Waals surface area contributed by atoms with Crippen molar-refractivity contribution in [3.8, 4) is 0 Å². The summed E-state index contributed by atoms with van der Waals surface area (Å²) in [6, 6.07) is 7.81. The molecule has 8 heteroatoms. The number of non-ortho nitro benzene ring substituents is 1. The molecule has 0 bridgehead atoms. The summed E-state index contributed by atoms with van der Waals surface area (Å²) in [5.74, 6) is -0.331. The van der Waals surface area contributed by atoms with Gasteiger partial charge in [0.1, 0.15) is 0 Å². The Hall–Kier alpha value is -3.00. The summed E-state index contributed by atoms with van der Waals surface area (Å²) in [6.07, 6.45) is 6.92. The minimum Gasteiger partial charge on any atom is -0.354 e. The van der Waals surface area contributed by atoms with Crippen LogP contribution in [0.15, 0.2) is 42.7 Å². The molecule has 1 aliphatic rings. The Bertz CT molecular complexity index is 791. The maximum Gasteiger partial charge on any atom is 0.270 e. The first-order chi connectivity index (χ1) is 13.1. The minimum absolute atomic E-state index is 0.118. The zero-order valence-corrected chi connectivity index (χ0v) is 15.1. The zero-order chi connectivity index (χ0) is 19.1.